The van der Waals surface area contributed by atoms with Crippen molar-refractivity contribution in [2.75, 3.05) is 6.61 Å². The second-order valence-corrected chi connectivity index (χ2v) is 7.24. The van der Waals surface area contributed by atoms with Crippen molar-refractivity contribution >= 4 is 0 Å². The molecule has 0 atom stereocenters. The lowest BCUT2D eigenvalue weighted by Gasteiger charge is -2.56. The van der Waals surface area contributed by atoms with Gasteiger partial charge in [0.05, 0.1) is 5.69 Å². The van der Waals surface area contributed by atoms with Gasteiger partial charge in [-0.1, -0.05) is 0 Å². The lowest BCUT2D eigenvalue weighted by molar-refractivity contribution is -0.00748. The highest BCUT2D eigenvalue weighted by molar-refractivity contribution is 5.21. The van der Waals surface area contributed by atoms with Gasteiger partial charge in [0.25, 0.3) is 0 Å². The highest BCUT2D eigenvalue weighted by Crippen LogP contribution is 2.60. The molecular weight excluding hydrogens is 236 g/mol. The van der Waals surface area contributed by atoms with Crippen LogP contribution in [0.1, 0.15) is 50.6 Å². The Morgan fingerprint density at radius 2 is 1.79 bits per heavy atom. The maximum absolute atomic E-state index is 8.92. The first-order valence-electron chi connectivity index (χ1n) is 7.92. The maximum atomic E-state index is 8.92. The summed E-state index contributed by atoms with van der Waals surface area (Å²) in [6.45, 7) is 1.11. The summed E-state index contributed by atoms with van der Waals surface area (Å²) in [6.07, 6.45) is 11.5. The lowest BCUT2D eigenvalue weighted by Crippen LogP contribution is -2.48. The molecule has 4 aliphatic carbocycles. The molecule has 1 N–H and O–H groups in total. The van der Waals surface area contributed by atoms with Crippen molar-refractivity contribution in [3.63, 3.8) is 0 Å². The van der Waals surface area contributed by atoms with E-state index in [1.165, 1.54) is 44.2 Å². The molecule has 4 bridgehead atoms. The fourth-order valence-electron chi connectivity index (χ4n) is 5.43. The second-order valence-electron chi connectivity index (χ2n) is 7.24. The number of aryl methyl sites for hydroxylation is 1. The number of aliphatic hydroxyl groups excluding tert-OH is 1. The Morgan fingerprint density at radius 1 is 1.16 bits per heavy atom. The van der Waals surface area contributed by atoms with Crippen LogP contribution in [0.25, 0.3) is 0 Å². The van der Waals surface area contributed by atoms with Crippen LogP contribution in [0.4, 0.5) is 0 Å². The summed E-state index contributed by atoms with van der Waals surface area (Å²) in [5.41, 5.74) is 1.77. The van der Waals surface area contributed by atoms with E-state index in [4.69, 9.17) is 10.2 Å². The second kappa shape index (κ2) is 4.34. The number of aliphatic hydroxyl groups is 1. The summed E-state index contributed by atoms with van der Waals surface area (Å²) in [7, 11) is 0. The Kier molecular flexibility index (Phi) is 2.73. The molecule has 1 heterocycles. The maximum Gasteiger partial charge on any atom is 0.0686 e. The van der Waals surface area contributed by atoms with Gasteiger partial charge < -0.3 is 5.11 Å². The van der Waals surface area contributed by atoms with Gasteiger partial charge in [0.1, 0.15) is 0 Å². The van der Waals surface area contributed by atoms with Gasteiger partial charge in [-0.3, -0.25) is 4.68 Å². The van der Waals surface area contributed by atoms with E-state index in [0.717, 1.165) is 30.7 Å². The standard InChI is InChI=1S/C16H24N2O/c19-5-1-3-18-4-2-15(17-18)16-9-12-6-13(10-16)8-14(7-12)11-16/h2,4,12-14,19H,1,3,5-11H2. The van der Waals surface area contributed by atoms with Crippen molar-refractivity contribution in [2.45, 2.75) is 56.9 Å². The molecule has 1 aromatic rings. The molecule has 19 heavy (non-hydrogen) atoms. The van der Waals surface area contributed by atoms with Crippen LogP contribution in [0, 0.1) is 17.8 Å². The molecular formula is C16H24N2O. The summed E-state index contributed by atoms with van der Waals surface area (Å²) < 4.78 is 2.03. The summed E-state index contributed by atoms with van der Waals surface area (Å²) in [5, 5.41) is 13.8. The topological polar surface area (TPSA) is 38.0 Å². The molecule has 0 saturated heterocycles. The van der Waals surface area contributed by atoms with Gasteiger partial charge in [-0.25, -0.2) is 0 Å². The van der Waals surface area contributed by atoms with Crippen molar-refractivity contribution in [2.24, 2.45) is 17.8 Å². The van der Waals surface area contributed by atoms with E-state index in [-0.39, 0.29) is 6.61 Å². The average molecular weight is 260 g/mol. The molecule has 0 unspecified atom stereocenters. The number of aromatic nitrogens is 2. The average Bonchev–Trinajstić information content (AvgIpc) is 2.84. The predicted molar refractivity (Wildman–Crippen MR) is 73.8 cm³/mol. The zero-order valence-corrected chi connectivity index (χ0v) is 11.6. The predicted octanol–water partition coefficient (Wildman–Crippen LogP) is 2.73. The molecule has 4 aliphatic rings. The Morgan fingerprint density at radius 3 is 2.37 bits per heavy atom. The van der Waals surface area contributed by atoms with Crippen molar-refractivity contribution in [3.8, 4) is 0 Å². The summed E-state index contributed by atoms with van der Waals surface area (Å²) >= 11 is 0. The molecule has 104 valence electrons. The third-order valence-corrected chi connectivity index (χ3v) is 5.77. The first-order chi connectivity index (χ1) is 9.27. The van der Waals surface area contributed by atoms with Crippen molar-refractivity contribution in [1.29, 1.82) is 0 Å². The normalized spacial score (nSPS) is 39.9. The van der Waals surface area contributed by atoms with Crippen molar-refractivity contribution in [1.82, 2.24) is 9.78 Å². The van der Waals surface area contributed by atoms with E-state index in [1.807, 2.05) is 4.68 Å². The zero-order valence-electron chi connectivity index (χ0n) is 11.6. The monoisotopic (exact) mass is 260 g/mol. The van der Waals surface area contributed by atoms with Crippen molar-refractivity contribution in [3.05, 3.63) is 18.0 Å². The van der Waals surface area contributed by atoms with Crippen molar-refractivity contribution < 1.29 is 5.11 Å². The summed E-state index contributed by atoms with van der Waals surface area (Å²) in [6, 6.07) is 2.25. The molecule has 4 saturated carbocycles. The number of nitrogens with zero attached hydrogens (tertiary/aromatic N) is 2. The minimum absolute atomic E-state index is 0.257. The highest BCUT2D eigenvalue weighted by Gasteiger charge is 2.52. The van der Waals surface area contributed by atoms with Gasteiger partial charge in [-0.2, -0.15) is 5.10 Å². The van der Waals surface area contributed by atoms with Crippen LogP contribution in [0.3, 0.4) is 0 Å². The lowest BCUT2D eigenvalue weighted by atomic mass is 9.49. The van der Waals surface area contributed by atoms with E-state index in [0.29, 0.717) is 5.41 Å². The number of hydrogen-bond acceptors (Lipinski definition) is 2. The molecule has 4 fully saturated rings. The summed E-state index contributed by atoms with van der Waals surface area (Å²) in [5.74, 6) is 2.94. The van der Waals surface area contributed by atoms with Crippen LogP contribution in [0.2, 0.25) is 0 Å². The van der Waals surface area contributed by atoms with E-state index < -0.39 is 0 Å². The fourth-order valence-corrected chi connectivity index (χ4v) is 5.43. The zero-order chi connectivity index (χ0) is 12.9. The molecule has 0 aromatic carbocycles. The molecule has 0 amide bonds. The molecule has 0 radical (unpaired) electrons. The van der Waals surface area contributed by atoms with Gasteiger partial charge in [0, 0.05) is 24.8 Å². The fraction of sp³-hybridized carbons (Fsp3) is 0.812. The first kappa shape index (κ1) is 12.0. The molecule has 1 aromatic heterocycles. The Labute approximate surface area is 115 Å². The molecule has 5 rings (SSSR count). The third kappa shape index (κ3) is 1.94. The van der Waals surface area contributed by atoms with Crippen LogP contribution >= 0.6 is 0 Å². The first-order valence-corrected chi connectivity index (χ1v) is 7.92. The highest BCUT2D eigenvalue weighted by atomic mass is 16.3. The van der Waals surface area contributed by atoms with Crippen LogP contribution in [-0.4, -0.2) is 21.5 Å². The van der Waals surface area contributed by atoms with E-state index in [2.05, 4.69) is 12.3 Å². The number of rotatable bonds is 4. The van der Waals surface area contributed by atoms with E-state index in [1.54, 1.807) is 0 Å². The Bertz CT molecular complexity index is 430. The van der Waals surface area contributed by atoms with Gasteiger partial charge in [-0.05, 0) is 68.8 Å². The largest absolute Gasteiger partial charge is 0.396 e. The molecule has 3 nitrogen and oxygen atoms in total. The molecule has 0 spiro atoms. The smallest absolute Gasteiger partial charge is 0.0686 e. The number of hydrogen-bond donors (Lipinski definition) is 1. The van der Waals surface area contributed by atoms with Gasteiger partial charge in [-0.15, -0.1) is 0 Å². The Hall–Kier alpha value is -0.830. The van der Waals surface area contributed by atoms with Crippen LogP contribution in [0.5, 0.6) is 0 Å². The van der Waals surface area contributed by atoms with E-state index in [9.17, 15) is 0 Å². The van der Waals surface area contributed by atoms with Gasteiger partial charge in [0.15, 0.2) is 0 Å². The minimum Gasteiger partial charge on any atom is -0.396 e. The van der Waals surface area contributed by atoms with Gasteiger partial charge in [0.2, 0.25) is 0 Å². The van der Waals surface area contributed by atoms with Crippen LogP contribution < -0.4 is 0 Å². The molecule has 0 aliphatic heterocycles. The van der Waals surface area contributed by atoms with Gasteiger partial charge >= 0.3 is 0 Å². The Balaban J connectivity index is 1.59. The SMILES string of the molecule is OCCCn1ccc(C23CC4CC(CC(C4)C2)C3)n1. The van der Waals surface area contributed by atoms with Crippen LogP contribution in [-0.2, 0) is 12.0 Å². The molecule has 3 heteroatoms. The minimum atomic E-state index is 0.257. The van der Waals surface area contributed by atoms with Crippen LogP contribution in [0.15, 0.2) is 12.3 Å². The van der Waals surface area contributed by atoms with E-state index >= 15 is 0 Å². The summed E-state index contributed by atoms with van der Waals surface area (Å²) in [4.78, 5) is 0. The quantitative estimate of drug-likeness (QED) is 0.904. The third-order valence-electron chi connectivity index (χ3n) is 5.77.